The number of benzene rings is 3. The molecule has 0 unspecified atom stereocenters. The lowest BCUT2D eigenvalue weighted by molar-refractivity contribution is 0.600. The number of rotatable bonds is 2. The Bertz CT molecular complexity index is 1560. The number of nitrogens with zero attached hydrogens (tertiary/aromatic N) is 2. The highest BCUT2D eigenvalue weighted by molar-refractivity contribution is 7.13. The summed E-state index contributed by atoms with van der Waals surface area (Å²) in [5.41, 5.74) is 16.5. The van der Waals surface area contributed by atoms with Crippen LogP contribution in [0.25, 0.3) is 43.4 Å². The van der Waals surface area contributed by atoms with Gasteiger partial charge in [-0.25, -0.2) is 9.97 Å². The molecule has 2 nitrogen and oxygen atoms in total. The molecule has 36 heavy (non-hydrogen) atoms. The first-order chi connectivity index (χ1) is 17.2. The fourth-order valence-electron chi connectivity index (χ4n) is 6.75. The predicted octanol–water partition coefficient (Wildman–Crippen LogP) is 9.16. The van der Waals surface area contributed by atoms with E-state index in [0.29, 0.717) is 0 Å². The Morgan fingerprint density at radius 2 is 1.03 bits per heavy atom. The van der Waals surface area contributed by atoms with E-state index < -0.39 is 0 Å². The van der Waals surface area contributed by atoms with Gasteiger partial charge in [-0.2, -0.15) is 0 Å². The number of hydrogen-bond acceptors (Lipinski definition) is 4. The fraction of sp³-hybridized carbons (Fsp3) is 0.250. The molecule has 0 amide bonds. The summed E-state index contributed by atoms with van der Waals surface area (Å²) in [7, 11) is 0. The van der Waals surface area contributed by atoms with E-state index in [4.69, 9.17) is 0 Å². The van der Waals surface area contributed by atoms with Crippen molar-refractivity contribution in [1.82, 2.24) is 9.97 Å². The van der Waals surface area contributed by atoms with Gasteiger partial charge in [0.2, 0.25) is 0 Å². The van der Waals surface area contributed by atoms with Crippen molar-refractivity contribution in [3.63, 3.8) is 0 Å². The molecular weight excluding hydrogens is 477 g/mol. The maximum Gasteiger partial charge on any atom is 0.123 e. The van der Waals surface area contributed by atoms with Crippen molar-refractivity contribution in [2.75, 3.05) is 0 Å². The highest BCUT2D eigenvalue weighted by Crippen LogP contribution is 2.61. The van der Waals surface area contributed by atoms with E-state index in [1.54, 1.807) is 22.7 Å². The summed E-state index contributed by atoms with van der Waals surface area (Å²) in [6, 6.07) is 14.0. The molecule has 178 valence electrons. The molecule has 0 saturated heterocycles. The minimum Gasteiger partial charge on any atom is -0.245 e. The molecule has 0 atom stereocenters. The van der Waals surface area contributed by atoms with Gasteiger partial charge in [-0.3, -0.25) is 0 Å². The number of aromatic nitrogens is 2. The van der Waals surface area contributed by atoms with E-state index in [2.05, 4.69) is 98.7 Å². The monoisotopic (exact) mass is 504 g/mol. The SMILES string of the molecule is Cc1c(C)c2c(c3c1-c1ccc(-c4nccs4)cc1C3(C)C)C(C)(C)c1cc(-c3nccs3)ccc1-2. The first-order valence-electron chi connectivity index (χ1n) is 12.5. The summed E-state index contributed by atoms with van der Waals surface area (Å²) in [5.74, 6) is 0. The third-order valence-corrected chi connectivity index (χ3v) is 10.2. The molecular formula is C32H28N2S2. The average Bonchev–Trinajstić information content (AvgIpc) is 3.64. The zero-order valence-electron chi connectivity index (χ0n) is 21.5. The normalized spacial score (nSPS) is 15.9. The summed E-state index contributed by atoms with van der Waals surface area (Å²) in [4.78, 5) is 9.18. The topological polar surface area (TPSA) is 25.8 Å². The van der Waals surface area contributed by atoms with Crippen molar-refractivity contribution in [2.45, 2.75) is 52.4 Å². The summed E-state index contributed by atoms with van der Waals surface area (Å²) in [6.07, 6.45) is 3.79. The quantitative estimate of drug-likeness (QED) is 0.239. The minimum atomic E-state index is -0.0993. The van der Waals surface area contributed by atoms with Crippen LogP contribution in [0.15, 0.2) is 59.6 Å². The van der Waals surface area contributed by atoms with Crippen molar-refractivity contribution < 1.29 is 0 Å². The molecule has 2 heterocycles. The van der Waals surface area contributed by atoms with Crippen LogP contribution in [0.1, 0.15) is 61.1 Å². The largest absolute Gasteiger partial charge is 0.245 e. The summed E-state index contributed by atoms with van der Waals surface area (Å²) >= 11 is 3.41. The van der Waals surface area contributed by atoms with E-state index in [-0.39, 0.29) is 10.8 Å². The van der Waals surface area contributed by atoms with Gasteiger partial charge in [0.1, 0.15) is 10.0 Å². The van der Waals surface area contributed by atoms with Gasteiger partial charge >= 0.3 is 0 Å². The van der Waals surface area contributed by atoms with Gasteiger partial charge in [-0.05, 0) is 81.6 Å². The molecule has 0 bridgehead atoms. The van der Waals surface area contributed by atoms with E-state index in [9.17, 15) is 0 Å². The second kappa shape index (κ2) is 7.24. The molecule has 5 aromatic rings. The summed E-state index contributed by atoms with van der Waals surface area (Å²) < 4.78 is 0. The van der Waals surface area contributed by atoms with Crippen LogP contribution in [0.5, 0.6) is 0 Å². The molecule has 2 aromatic heterocycles. The molecule has 4 heteroatoms. The molecule has 0 radical (unpaired) electrons. The lowest BCUT2D eigenvalue weighted by Gasteiger charge is -2.32. The van der Waals surface area contributed by atoms with Crippen molar-refractivity contribution >= 4 is 22.7 Å². The van der Waals surface area contributed by atoms with Crippen LogP contribution in [0.3, 0.4) is 0 Å². The highest BCUT2D eigenvalue weighted by Gasteiger charge is 2.47. The molecule has 0 aliphatic heterocycles. The molecule has 2 aliphatic carbocycles. The van der Waals surface area contributed by atoms with Crippen molar-refractivity contribution in [1.29, 1.82) is 0 Å². The Balaban J connectivity index is 1.51. The molecule has 0 N–H and O–H groups in total. The van der Waals surface area contributed by atoms with Crippen LogP contribution < -0.4 is 0 Å². The molecule has 3 aromatic carbocycles. The summed E-state index contributed by atoms with van der Waals surface area (Å²) in [6.45, 7) is 14.3. The average molecular weight is 505 g/mol. The third kappa shape index (κ3) is 2.72. The maximum atomic E-state index is 4.59. The van der Waals surface area contributed by atoms with Crippen LogP contribution in [0.4, 0.5) is 0 Å². The van der Waals surface area contributed by atoms with Gasteiger partial charge in [0.05, 0.1) is 0 Å². The van der Waals surface area contributed by atoms with Gasteiger partial charge < -0.3 is 0 Å². The highest BCUT2D eigenvalue weighted by atomic mass is 32.1. The number of hydrogen-bond donors (Lipinski definition) is 0. The van der Waals surface area contributed by atoms with E-state index >= 15 is 0 Å². The Kier molecular flexibility index (Phi) is 4.45. The van der Waals surface area contributed by atoms with Crippen LogP contribution in [-0.4, -0.2) is 9.97 Å². The Labute approximate surface area is 220 Å². The van der Waals surface area contributed by atoms with E-state index in [1.807, 2.05) is 12.4 Å². The lowest BCUT2D eigenvalue weighted by Crippen LogP contribution is -2.24. The number of fused-ring (bicyclic) bond motifs is 7. The van der Waals surface area contributed by atoms with Gasteiger partial charge in [-0.1, -0.05) is 52.0 Å². The molecule has 7 rings (SSSR count). The second-order valence-corrected chi connectivity index (χ2v) is 13.0. The Morgan fingerprint density at radius 1 is 0.611 bits per heavy atom. The van der Waals surface area contributed by atoms with Gasteiger partial charge in [0, 0.05) is 45.1 Å². The molecule has 2 aliphatic rings. The van der Waals surface area contributed by atoms with E-state index in [0.717, 1.165) is 10.0 Å². The van der Waals surface area contributed by atoms with Crippen LogP contribution in [0.2, 0.25) is 0 Å². The van der Waals surface area contributed by atoms with Gasteiger partial charge in [-0.15, -0.1) is 22.7 Å². The zero-order valence-corrected chi connectivity index (χ0v) is 23.1. The third-order valence-electron chi connectivity index (χ3n) is 8.60. The Morgan fingerprint density at radius 3 is 1.39 bits per heavy atom. The van der Waals surface area contributed by atoms with Gasteiger partial charge in [0.15, 0.2) is 0 Å². The fourth-order valence-corrected chi connectivity index (χ4v) is 8.02. The van der Waals surface area contributed by atoms with E-state index in [1.165, 1.54) is 66.8 Å². The summed E-state index contributed by atoms with van der Waals surface area (Å²) in [5, 5.41) is 6.29. The first-order valence-corrected chi connectivity index (χ1v) is 14.2. The van der Waals surface area contributed by atoms with Gasteiger partial charge in [0.25, 0.3) is 0 Å². The molecule has 0 fully saturated rings. The van der Waals surface area contributed by atoms with Crippen LogP contribution in [0, 0.1) is 13.8 Å². The Hall–Kier alpha value is -3.08. The standard InChI is InChI=1S/C32H28N2S2/c1-17-18(2)26-22-10-8-20(30-34-12-14-36-30)16-24(22)32(5,6)28(26)27-25(17)21-9-7-19(29-33-11-13-35-29)15-23(21)31(27,3)4/h7-16H,1-6H3. The van der Waals surface area contributed by atoms with Crippen LogP contribution >= 0.6 is 22.7 Å². The molecule has 0 spiro atoms. The predicted molar refractivity (Wildman–Crippen MR) is 153 cm³/mol. The minimum absolute atomic E-state index is 0.0993. The lowest BCUT2D eigenvalue weighted by atomic mass is 9.71. The second-order valence-electron chi connectivity index (χ2n) is 11.2. The zero-order chi connectivity index (χ0) is 25.0. The number of thiazole rings is 2. The van der Waals surface area contributed by atoms with Crippen molar-refractivity contribution in [2.24, 2.45) is 0 Å². The first kappa shape index (κ1) is 22.1. The maximum absolute atomic E-state index is 4.59. The molecule has 0 saturated carbocycles. The van der Waals surface area contributed by atoms with Crippen molar-refractivity contribution in [3.05, 3.63) is 92.9 Å². The van der Waals surface area contributed by atoms with Crippen molar-refractivity contribution in [3.8, 4) is 43.4 Å². The van der Waals surface area contributed by atoms with Crippen LogP contribution in [-0.2, 0) is 10.8 Å². The smallest absolute Gasteiger partial charge is 0.123 e.